The number of allylic oxidation sites excluding steroid dienone is 2. The number of hydrogen-bond donors (Lipinski definition) is 1. The minimum Gasteiger partial charge on any atom is -0.512 e. The molecule has 0 unspecified atom stereocenters. The number of aliphatic hydroxyl groups excluding tert-OH is 1. The van der Waals surface area contributed by atoms with Gasteiger partial charge in [0.25, 0.3) is 0 Å². The molecular weight excluding hydrogens is 647 g/mol. The van der Waals surface area contributed by atoms with E-state index in [1.165, 1.54) is 67.0 Å². The van der Waals surface area contributed by atoms with Crippen molar-refractivity contribution in [3.05, 3.63) is 65.1 Å². The largest absolute Gasteiger partial charge is 0.512 e. The summed E-state index contributed by atoms with van der Waals surface area (Å²) in [5, 5.41) is 9.56. The fourth-order valence-corrected chi connectivity index (χ4v) is 6.70. The zero-order chi connectivity index (χ0) is 27.4. The quantitative estimate of drug-likeness (QED) is 0.185. The van der Waals surface area contributed by atoms with E-state index in [-0.39, 0.29) is 42.5 Å². The van der Waals surface area contributed by atoms with E-state index in [9.17, 15) is 9.90 Å². The van der Waals surface area contributed by atoms with E-state index in [1.54, 1.807) is 5.56 Å². The van der Waals surface area contributed by atoms with Crippen LogP contribution >= 0.6 is 0 Å². The fourth-order valence-electron chi connectivity index (χ4n) is 6.70. The Morgan fingerprint density at radius 3 is 1.97 bits per heavy atom. The number of rotatable bonds is 1. The van der Waals surface area contributed by atoms with Gasteiger partial charge in [-0.05, 0) is 40.8 Å². The number of aliphatic hydroxyl groups is 1. The van der Waals surface area contributed by atoms with Crippen LogP contribution in [-0.2, 0) is 41.1 Å². The first kappa shape index (κ1) is 30.8. The van der Waals surface area contributed by atoms with Crippen molar-refractivity contribution in [1.82, 2.24) is 4.98 Å². The molecule has 1 heterocycles. The summed E-state index contributed by atoms with van der Waals surface area (Å²) in [4.78, 5) is 16.3. The summed E-state index contributed by atoms with van der Waals surface area (Å²) >= 11 is 0. The van der Waals surface area contributed by atoms with Gasteiger partial charge < -0.3 is 10.1 Å². The molecule has 4 heteroatoms. The third kappa shape index (κ3) is 5.20. The van der Waals surface area contributed by atoms with Gasteiger partial charge in [-0.15, -0.1) is 34.9 Å². The van der Waals surface area contributed by atoms with Crippen molar-refractivity contribution in [2.45, 2.75) is 117 Å². The van der Waals surface area contributed by atoms with Crippen LogP contribution in [0.4, 0.5) is 0 Å². The number of aromatic nitrogens is 1. The molecule has 5 rings (SSSR count). The number of ketones is 1. The van der Waals surface area contributed by atoms with Crippen molar-refractivity contribution < 1.29 is 30.0 Å². The number of pyridine rings is 1. The molecule has 0 aliphatic heterocycles. The molecule has 1 aromatic carbocycles. The van der Waals surface area contributed by atoms with Crippen LogP contribution in [0.3, 0.4) is 0 Å². The molecule has 3 aliphatic rings. The monoisotopic (exact) mass is 693 g/mol. The van der Waals surface area contributed by atoms with Gasteiger partial charge in [0.1, 0.15) is 5.76 Å². The number of fused-ring (bicyclic) bond motifs is 3. The van der Waals surface area contributed by atoms with Crippen LogP contribution in [0.5, 0.6) is 0 Å². The van der Waals surface area contributed by atoms with E-state index in [0.29, 0.717) is 10.8 Å². The summed E-state index contributed by atoms with van der Waals surface area (Å²) in [6.07, 6.45) is 11.4. The maximum atomic E-state index is 11.5. The zero-order valence-corrected chi connectivity index (χ0v) is 27.2. The minimum atomic E-state index is -0.417. The Labute approximate surface area is 244 Å². The minimum absolute atomic E-state index is 0. The summed E-state index contributed by atoms with van der Waals surface area (Å²) in [7, 11) is 0. The van der Waals surface area contributed by atoms with Crippen LogP contribution in [0.25, 0.3) is 11.3 Å². The molecule has 2 aromatic rings. The maximum absolute atomic E-state index is 11.5. The number of nitrogens with zero attached hydrogens (tertiary/aromatic N) is 1. The molecule has 3 nitrogen and oxygen atoms in total. The third-order valence-electron chi connectivity index (χ3n) is 8.99. The average Bonchev–Trinajstić information content (AvgIpc) is 3.36. The molecule has 1 radical (unpaired) electrons. The van der Waals surface area contributed by atoms with Gasteiger partial charge in [-0.1, -0.05) is 99.6 Å². The van der Waals surface area contributed by atoms with Gasteiger partial charge in [0, 0.05) is 43.2 Å². The maximum Gasteiger partial charge on any atom is 0.164 e. The summed E-state index contributed by atoms with van der Waals surface area (Å²) in [5.41, 5.74) is 7.10. The van der Waals surface area contributed by atoms with Crippen molar-refractivity contribution in [2.75, 3.05) is 0 Å². The first-order chi connectivity index (χ1) is 17.0. The van der Waals surface area contributed by atoms with Crippen LogP contribution in [0.1, 0.15) is 118 Å². The van der Waals surface area contributed by atoms with E-state index >= 15 is 0 Å². The van der Waals surface area contributed by atoms with Crippen LogP contribution in [-0.4, -0.2) is 15.9 Å². The first-order valence-electron chi connectivity index (χ1n) is 14.0. The Morgan fingerprint density at radius 2 is 1.47 bits per heavy atom. The third-order valence-corrected chi connectivity index (χ3v) is 8.99. The molecule has 0 spiro atoms. The van der Waals surface area contributed by atoms with Gasteiger partial charge in [0.15, 0.2) is 5.78 Å². The summed E-state index contributed by atoms with van der Waals surface area (Å²) in [6.45, 7) is 18.0. The van der Waals surface area contributed by atoms with E-state index in [0.717, 1.165) is 0 Å². The molecule has 2 saturated carbocycles. The molecule has 1 N–H and O–H groups in total. The van der Waals surface area contributed by atoms with Gasteiger partial charge in [0.2, 0.25) is 0 Å². The predicted octanol–water partition coefficient (Wildman–Crippen LogP) is 8.79. The Hall–Kier alpha value is -1.77. The van der Waals surface area contributed by atoms with Crippen LogP contribution in [0.2, 0.25) is 0 Å². The Morgan fingerprint density at radius 1 is 0.921 bits per heavy atom. The van der Waals surface area contributed by atoms with Gasteiger partial charge in [-0.3, -0.25) is 4.79 Å². The van der Waals surface area contributed by atoms with Gasteiger partial charge >= 0.3 is 0 Å². The molecule has 209 valence electrons. The van der Waals surface area contributed by atoms with Crippen LogP contribution in [0.15, 0.2) is 42.3 Å². The van der Waals surface area contributed by atoms with Crippen molar-refractivity contribution >= 4 is 5.78 Å². The Bertz CT molecular complexity index is 1210. The number of benzene rings is 1. The zero-order valence-electron chi connectivity index (χ0n) is 24.8. The molecule has 0 saturated heterocycles. The van der Waals surface area contributed by atoms with E-state index in [2.05, 4.69) is 51.1 Å². The average molecular weight is 693 g/mol. The van der Waals surface area contributed by atoms with Gasteiger partial charge in [0.05, 0.1) is 0 Å². The second-order valence-corrected chi connectivity index (χ2v) is 14.6. The molecule has 0 bridgehead atoms. The standard InChI is InChI=1S/C23H26N.C11H20O2.Ir/c1-21(2,3)16-8-9-17-19(15-16)23-12-5-10-22(23,11-6-13-23)18-7-4-14-24-20(17)18;1-10(2,3)8(12)7-9(13)11(4,5)6;/h4,7-8,14-15H,5-6,10-13H2,1-3H3;7,12H,1-6H3;/q-1;;. The van der Waals surface area contributed by atoms with Crippen molar-refractivity contribution in [3.8, 4) is 11.3 Å². The second kappa shape index (κ2) is 10.3. The molecular formula is C34H46IrNO2-. The smallest absolute Gasteiger partial charge is 0.164 e. The van der Waals surface area contributed by atoms with E-state index < -0.39 is 5.41 Å². The van der Waals surface area contributed by atoms with Crippen molar-refractivity contribution in [2.24, 2.45) is 10.8 Å². The predicted molar refractivity (Wildman–Crippen MR) is 153 cm³/mol. The van der Waals surface area contributed by atoms with Gasteiger partial charge in [-0.25, -0.2) is 0 Å². The Kier molecular flexibility index (Phi) is 8.36. The van der Waals surface area contributed by atoms with E-state index in [1.807, 2.05) is 47.7 Å². The second-order valence-electron chi connectivity index (χ2n) is 14.6. The SMILES string of the molecule is CC(C)(C)C(=O)C=C(O)C(C)(C)C.CC(C)(C)c1c[c-]c2c(c1)C13CCCC1(CCC3)c1cccnc1-2.[Ir]. The van der Waals surface area contributed by atoms with Crippen LogP contribution < -0.4 is 0 Å². The topological polar surface area (TPSA) is 50.2 Å². The van der Waals surface area contributed by atoms with Crippen molar-refractivity contribution in [1.29, 1.82) is 0 Å². The number of carbonyl (C=O) groups excluding carboxylic acids is 1. The molecule has 3 aliphatic carbocycles. The summed E-state index contributed by atoms with van der Waals surface area (Å²) in [5.74, 6) is 0.104. The van der Waals surface area contributed by atoms with Crippen molar-refractivity contribution in [3.63, 3.8) is 0 Å². The van der Waals surface area contributed by atoms with E-state index in [4.69, 9.17) is 4.98 Å². The number of hydrogen-bond acceptors (Lipinski definition) is 3. The summed E-state index contributed by atoms with van der Waals surface area (Å²) < 4.78 is 0. The number of carbonyl (C=O) groups is 1. The molecule has 38 heavy (non-hydrogen) atoms. The molecule has 2 fully saturated rings. The molecule has 1 aromatic heterocycles. The van der Waals surface area contributed by atoms with Gasteiger partial charge in [-0.2, -0.15) is 0 Å². The summed E-state index contributed by atoms with van der Waals surface area (Å²) in [6, 6.07) is 12.9. The Balaban J connectivity index is 0.000000248. The molecule has 0 atom stereocenters. The first-order valence-corrected chi connectivity index (χ1v) is 14.0. The molecule has 0 amide bonds. The normalized spacial score (nSPS) is 24.2. The van der Waals surface area contributed by atoms with Crippen LogP contribution in [0, 0.1) is 16.9 Å². The fraction of sp³-hybridized carbons (Fsp3) is 0.588.